The summed E-state index contributed by atoms with van der Waals surface area (Å²) in [5, 5.41) is 2.61. The molecular weight excluding hydrogens is 338 g/mol. The van der Waals surface area contributed by atoms with Crippen LogP contribution in [0.2, 0.25) is 0 Å². The van der Waals surface area contributed by atoms with Crippen molar-refractivity contribution in [3.05, 3.63) is 65.2 Å². The standard InChI is InChI=1S/C16H16F2N2O3S/c1-10(11-4-3-5-15(8-11)20-24(2,22)23)19-16(21)12-6-13(17)9-14(18)7-12/h3-10,20H,1-2H3,(H,19,21). The first kappa shape index (κ1) is 17.9. The molecule has 1 amide bonds. The SMILES string of the molecule is CC(NC(=O)c1cc(F)cc(F)c1)c1cccc(NS(C)(=O)=O)c1. The molecule has 0 aliphatic rings. The average Bonchev–Trinajstić information content (AvgIpc) is 2.44. The molecule has 0 aliphatic carbocycles. The lowest BCUT2D eigenvalue weighted by Crippen LogP contribution is -2.27. The van der Waals surface area contributed by atoms with E-state index < -0.39 is 33.6 Å². The van der Waals surface area contributed by atoms with Crippen molar-refractivity contribution in [1.29, 1.82) is 0 Å². The van der Waals surface area contributed by atoms with Crippen LogP contribution in [0.15, 0.2) is 42.5 Å². The van der Waals surface area contributed by atoms with Crippen molar-refractivity contribution in [2.45, 2.75) is 13.0 Å². The minimum Gasteiger partial charge on any atom is -0.346 e. The van der Waals surface area contributed by atoms with Gasteiger partial charge in [-0.25, -0.2) is 17.2 Å². The highest BCUT2D eigenvalue weighted by atomic mass is 32.2. The molecule has 8 heteroatoms. The summed E-state index contributed by atoms with van der Waals surface area (Å²) in [5.74, 6) is -2.32. The van der Waals surface area contributed by atoms with Gasteiger partial charge in [-0.2, -0.15) is 0 Å². The molecular formula is C16H16F2N2O3S. The average molecular weight is 354 g/mol. The Morgan fingerprint density at radius 2 is 1.71 bits per heavy atom. The van der Waals surface area contributed by atoms with E-state index >= 15 is 0 Å². The van der Waals surface area contributed by atoms with E-state index in [0.29, 0.717) is 17.3 Å². The lowest BCUT2D eigenvalue weighted by Gasteiger charge is -2.16. The van der Waals surface area contributed by atoms with Crippen LogP contribution in [0.25, 0.3) is 0 Å². The van der Waals surface area contributed by atoms with Crippen LogP contribution in [0.4, 0.5) is 14.5 Å². The molecule has 0 fully saturated rings. The van der Waals surface area contributed by atoms with Gasteiger partial charge in [-0.1, -0.05) is 12.1 Å². The number of benzene rings is 2. The van der Waals surface area contributed by atoms with Crippen molar-refractivity contribution >= 4 is 21.6 Å². The second-order valence-electron chi connectivity index (χ2n) is 5.35. The van der Waals surface area contributed by atoms with E-state index in [2.05, 4.69) is 10.0 Å². The van der Waals surface area contributed by atoms with Crippen molar-refractivity contribution in [2.24, 2.45) is 0 Å². The number of hydrogen-bond acceptors (Lipinski definition) is 3. The molecule has 2 rings (SSSR count). The Bertz CT molecular complexity index is 849. The maximum atomic E-state index is 13.2. The Morgan fingerprint density at radius 3 is 2.29 bits per heavy atom. The van der Waals surface area contributed by atoms with Gasteiger partial charge < -0.3 is 5.32 Å². The summed E-state index contributed by atoms with van der Waals surface area (Å²) >= 11 is 0. The van der Waals surface area contributed by atoms with Crippen molar-refractivity contribution in [1.82, 2.24) is 5.32 Å². The van der Waals surface area contributed by atoms with E-state index in [1.54, 1.807) is 31.2 Å². The molecule has 1 atom stereocenters. The molecule has 0 aromatic heterocycles. The first-order valence-electron chi connectivity index (χ1n) is 6.99. The van der Waals surface area contributed by atoms with Crippen LogP contribution in [0, 0.1) is 11.6 Å². The van der Waals surface area contributed by atoms with Gasteiger partial charge in [0.15, 0.2) is 0 Å². The Balaban J connectivity index is 2.15. The van der Waals surface area contributed by atoms with Crippen molar-refractivity contribution < 1.29 is 22.0 Å². The maximum absolute atomic E-state index is 13.2. The Hall–Kier alpha value is -2.48. The summed E-state index contributed by atoms with van der Waals surface area (Å²) in [4.78, 5) is 12.1. The van der Waals surface area contributed by atoms with Gasteiger partial charge in [-0.3, -0.25) is 9.52 Å². The van der Waals surface area contributed by atoms with Gasteiger partial charge in [-0.05, 0) is 36.8 Å². The van der Waals surface area contributed by atoms with E-state index in [9.17, 15) is 22.0 Å². The highest BCUT2D eigenvalue weighted by Gasteiger charge is 2.14. The van der Waals surface area contributed by atoms with Gasteiger partial charge in [0.2, 0.25) is 10.0 Å². The molecule has 2 aromatic carbocycles. The molecule has 0 bridgehead atoms. The fourth-order valence-electron chi connectivity index (χ4n) is 2.13. The van der Waals surface area contributed by atoms with E-state index in [1.807, 2.05) is 0 Å². The summed E-state index contributed by atoms with van der Waals surface area (Å²) < 4.78 is 51.2. The third-order valence-corrected chi connectivity index (χ3v) is 3.77. The van der Waals surface area contributed by atoms with Crippen LogP contribution in [-0.2, 0) is 10.0 Å². The Kier molecular flexibility index (Phi) is 5.18. The minimum atomic E-state index is -3.42. The number of amides is 1. The molecule has 2 N–H and O–H groups in total. The second kappa shape index (κ2) is 6.96. The van der Waals surface area contributed by atoms with Gasteiger partial charge in [-0.15, -0.1) is 0 Å². The number of rotatable bonds is 5. The number of hydrogen-bond donors (Lipinski definition) is 2. The van der Waals surface area contributed by atoms with Crippen LogP contribution in [0.1, 0.15) is 28.9 Å². The lowest BCUT2D eigenvalue weighted by molar-refractivity contribution is 0.0939. The second-order valence-corrected chi connectivity index (χ2v) is 7.10. The topological polar surface area (TPSA) is 75.3 Å². The minimum absolute atomic E-state index is 0.134. The molecule has 0 aliphatic heterocycles. The molecule has 2 aromatic rings. The normalized spacial score (nSPS) is 12.5. The van der Waals surface area contributed by atoms with Gasteiger partial charge in [0.05, 0.1) is 12.3 Å². The summed E-state index contributed by atoms with van der Waals surface area (Å²) in [5.41, 5.74) is 0.853. The highest BCUT2D eigenvalue weighted by molar-refractivity contribution is 7.92. The number of anilines is 1. The molecule has 5 nitrogen and oxygen atoms in total. The number of carbonyl (C=O) groups is 1. The quantitative estimate of drug-likeness (QED) is 0.867. The zero-order valence-electron chi connectivity index (χ0n) is 13.0. The number of sulfonamides is 1. The number of carbonyl (C=O) groups excluding carboxylic acids is 1. The zero-order valence-corrected chi connectivity index (χ0v) is 13.8. The van der Waals surface area contributed by atoms with Crippen LogP contribution in [0.3, 0.4) is 0 Å². The fourth-order valence-corrected chi connectivity index (χ4v) is 2.69. The van der Waals surface area contributed by atoms with E-state index in [1.165, 1.54) is 0 Å². The zero-order chi connectivity index (χ0) is 17.9. The third-order valence-electron chi connectivity index (χ3n) is 3.16. The molecule has 0 heterocycles. The molecule has 0 spiro atoms. The van der Waals surface area contributed by atoms with Crippen molar-refractivity contribution in [3.8, 4) is 0 Å². The van der Waals surface area contributed by atoms with Crippen molar-refractivity contribution in [2.75, 3.05) is 11.0 Å². The van der Waals surface area contributed by atoms with Crippen molar-refractivity contribution in [3.63, 3.8) is 0 Å². The van der Waals surface area contributed by atoms with Crippen LogP contribution < -0.4 is 10.0 Å². The molecule has 0 radical (unpaired) electrons. The molecule has 24 heavy (non-hydrogen) atoms. The molecule has 1 unspecified atom stereocenters. The maximum Gasteiger partial charge on any atom is 0.251 e. The van der Waals surface area contributed by atoms with Crippen LogP contribution in [0.5, 0.6) is 0 Å². The summed E-state index contributed by atoms with van der Waals surface area (Å²) in [6.07, 6.45) is 1.03. The highest BCUT2D eigenvalue weighted by Crippen LogP contribution is 2.19. The Morgan fingerprint density at radius 1 is 1.08 bits per heavy atom. The van der Waals surface area contributed by atoms with Gasteiger partial charge in [0, 0.05) is 17.3 Å². The summed E-state index contributed by atoms with van der Waals surface area (Å²) in [7, 11) is -3.42. The smallest absolute Gasteiger partial charge is 0.251 e. The molecule has 0 saturated carbocycles. The van der Waals surface area contributed by atoms with Gasteiger partial charge in [0.25, 0.3) is 5.91 Å². The summed E-state index contributed by atoms with van der Waals surface area (Å²) in [6.45, 7) is 1.67. The summed E-state index contributed by atoms with van der Waals surface area (Å²) in [6, 6.07) is 8.53. The Labute approximate surface area is 138 Å². The number of nitrogens with one attached hydrogen (secondary N) is 2. The van der Waals surface area contributed by atoms with Gasteiger partial charge >= 0.3 is 0 Å². The lowest BCUT2D eigenvalue weighted by atomic mass is 10.1. The van der Waals surface area contributed by atoms with Crippen LogP contribution >= 0.6 is 0 Å². The number of halogens is 2. The monoisotopic (exact) mass is 354 g/mol. The van der Waals surface area contributed by atoms with E-state index in [-0.39, 0.29) is 5.56 Å². The van der Waals surface area contributed by atoms with Gasteiger partial charge in [0.1, 0.15) is 11.6 Å². The van der Waals surface area contributed by atoms with E-state index in [4.69, 9.17) is 0 Å². The predicted octanol–water partition coefficient (Wildman–Crippen LogP) is 2.83. The first-order chi connectivity index (χ1) is 11.1. The first-order valence-corrected chi connectivity index (χ1v) is 8.88. The largest absolute Gasteiger partial charge is 0.346 e. The predicted molar refractivity (Wildman–Crippen MR) is 87.1 cm³/mol. The van der Waals surface area contributed by atoms with Crippen LogP contribution in [-0.4, -0.2) is 20.6 Å². The molecule has 128 valence electrons. The van der Waals surface area contributed by atoms with E-state index in [0.717, 1.165) is 18.4 Å². The molecule has 0 saturated heterocycles. The third kappa shape index (κ3) is 5.02. The fraction of sp³-hybridized carbons (Fsp3) is 0.188.